The molecule has 152 valence electrons. The molecule has 0 bridgehead atoms. The van der Waals surface area contributed by atoms with Crippen molar-refractivity contribution in [1.82, 2.24) is 9.97 Å². The minimum Gasteiger partial charge on any atom is -0.463 e. The number of aryl methyl sites for hydroxylation is 1. The van der Waals surface area contributed by atoms with Crippen LogP contribution in [0, 0.1) is 12.7 Å². The third-order valence-electron chi connectivity index (χ3n) is 4.30. The Labute approximate surface area is 168 Å². The van der Waals surface area contributed by atoms with Crippen LogP contribution in [0.1, 0.15) is 11.3 Å². The van der Waals surface area contributed by atoms with Crippen LogP contribution in [0.5, 0.6) is 11.8 Å². The van der Waals surface area contributed by atoms with Crippen LogP contribution in [0.25, 0.3) is 22.6 Å². The first-order valence-corrected chi connectivity index (χ1v) is 8.84. The number of halogens is 4. The molecule has 30 heavy (non-hydrogen) atoms. The van der Waals surface area contributed by atoms with E-state index in [-0.39, 0.29) is 23.0 Å². The molecule has 0 saturated carbocycles. The number of nitrogens with zero attached hydrogens (tertiary/aromatic N) is 2. The number of alkyl halides is 3. The molecular weight excluding hydrogens is 400 g/mol. The predicted octanol–water partition coefficient (Wildman–Crippen LogP) is 6.66. The van der Waals surface area contributed by atoms with Gasteiger partial charge in [-0.15, -0.1) is 0 Å². The summed E-state index contributed by atoms with van der Waals surface area (Å²) in [5.74, 6) is 0.0662. The fraction of sp³-hybridized carbons (Fsp3) is 0.0909. The molecule has 0 saturated heterocycles. The van der Waals surface area contributed by atoms with Gasteiger partial charge in [-0.3, -0.25) is 0 Å². The second-order valence-electron chi connectivity index (χ2n) is 6.49. The zero-order valence-electron chi connectivity index (χ0n) is 15.6. The molecule has 0 spiro atoms. The number of rotatable bonds is 4. The molecular formula is C22H14F4N2O2. The molecule has 4 aromatic rings. The molecule has 4 nitrogen and oxygen atoms in total. The summed E-state index contributed by atoms with van der Waals surface area (Å²) in [5, 5.41) is 0. The number of aromatic nitrogens is 2. The van der Waals surface area contributed by atoms with Gasteiger partial charge in [0.05, 0.1) is 6.26 Å². The van der Waals surface area contributed by atoms with Crippen molar-refractivity contribution in [2.24, 2.45) is 0 Å². The van der Waals surface area contributed by atoms with Gasteiger partial charge in [0.1, 0.15) is 17.3 Å². The van der Waals surface area contributed by atoms with Crippen LogP contribution in [0.4, 0.5) is 17.6 Å². The average Bonchev–Trinajstić information content (AvgIpc) is 3.24. The smallest absolute Gasteiger partial charge is 0.433 e. The first kappa shape index (κ1) is 19.6. The number of hydrogen-bond acceptors (Lipinski definition) is 4. The highest BCUT2D eigenvalue weighted by Crippen LogP contribution is 2.33. The van der Waals surface area contributed by atoms with Crippen LogP contribution in [0.15, 0.2) is 71.3 Å². The lowest BCUT2D eigenvalue weighted by Gasteiger charge is -2.11. The lowest BCUT2D eigenvalue weighted by Crippen LogP contribution is -2.10. The first-order valence-electron chi connectivity index (χ1n) is 8.84. The molecule has 2 aromatic heterocycles. The Hall–Kier alpha value is -3.68. The van der Waals surface area contributed by atoms with Crippen LogP contribution in [0.3, 0.4) is 0 Å². The largest absolute Gasteiger partial charge is 0.463 e. The maximum absolute atomic E-state index is 13.5. The molecule has 2 aromatic carbocycles. The van der Waals surface area contributed by atoms with Gasteiger partial charge >= 0.3 is 12.2 Å². The van der Waals surface area contributed by atoms with Gasteiger partial charge in [-0.1, -0.05) is 18.2 Å². The number of ether oxygens (including phenoxy) is 1. The first-order chi connectivity index (χ1) is 14.3. The Morgan fingerprint density at radius 3 is 2.40 bits per heavy atom. The summed E-state index contributed by atoms with van der Waals surface area (Å²) < 4.78 is 64.0. The molecule has 0 aliphatic carbocycles. The maximum Gasteiger partial charge on any atom is 0.433 e. The van der Waals surface area contributed by atoms with Gasteiger partial charge in [-0.2, -0.15) is 23.1 Å². The molecule has 0 radical (unpaired) electrons. The highest BCUT2D eigenvalue weighted by Gasteiger charge is 2.34. The van der Waals surface area contributed by atoms with E-state index in [1.54, 1.807) is 49.4 Å². The quantitative estimate of drug-likeness (QED) is 0.350. The Morgan fingerprint density at radius 2 is 1.70 bits per heavy atom. The van der Waals surface area contributed by atoms with Crippen molar-refractivity contribution < 1.29 is 26.7 Å². The standard InChI is InChI=1S/C22H14F4N2O2/c1-13-10-15(7-8-17(13)23)14-4-2-5-16(11-14)30-21-27-18(19-6-3-9-29-19)12-20(28-21)22(24,25)26/h2-12H,1H3. The van der Waals surface area contributed by atoms with Crippen LogP contribution in [-0.4, -0.2) is 9.97 Å². The van der Waals surface area contributed by atoms with E-state index in [4.69, 9.17) is 9.15 Å². The molecule has 0 aliphatic rings. The van der Waals surface area contributed by atoms with Gasteiger partial charge in [-0.05, 0) is 66.1 Å². The maximum atomic E-state index is 13.5. The summed E-state index contributed by atoms with van der Waals surface area (Å²) in [5.41, 5.74) is 0.712. The molecule has 0 fully saturated rings. The van der Waals surface area contributed by atoms with Gasteiger partial charge in [-0.25, -0.2) is 4.39 Å². The highest BCUT2D eigenvalue weighted by molar-refractivity contribution is 5.66. The van der Waals surface area contributed by atoms with Gasteiger partial charge in [0.15, 0.2) is 11.5 Å². The third-order valence-corrected chi connectivity index (χ3v) is 4.30. The molecule has 8 heteroatoms. The lowest BCUT2D eigenvalue weighted by atomic mass is 10.0. The molecule has 0 atom stereocenters. The normalized spacial score (nSPS) is 11.5. The van der Waals surface area contributed by atoms with Crippen molar-refractivity contribution in [3.8, 4) is 34.3 Å². The Morgan fingerprint density at radius 1 is 0.900 bits per heavy atom. The van der Waals surface area contributed by atoms with Crippen molar-refractivity contribution >= 4 is 0 Å². The summed E-state index contributed by atoms with van der Waals surface area (Å²) >= 11 is 0. The molecule has 0 N–H and O–H groups in total. The van der Waals surface area contributed by atoms with E-state index in [1.807, 2.05) is 0 Å². The van der Waals surface area contributed by atoms with Gasteiger partial charge in [0, 0.05) is 0 Å². The van der Waals surface area contributed by atoms with Crippen LogP contribution >= 0.6 is 0 Å². The molecule has 0 aliphatic heterocycles. The van der Waals surface area contributed by atoms with Crippen molar-refractivity contribution in [3.63, 3.8) is 0 Å². The van der Waals surface area contributed by atoms with Crippen molar-refractivity contribution in [2.75, 3.05) is 0 Å². The van der Waals surface area contributed by atoms with E-state index in [2.05, 4.69) is 9.97 Å². The minimum absolute atomic E-state index is 0.0531. The molecule has 0 amide bonds. The lowest BCUT2D eigenvalue weighted by molar-refractivity contribution is -0.141. The van der Waals surface area contributed by atoms with Crippen LogP contribution in [0.2, 0.25) is 0 Å². The average molecular weight is 414 g/mol. The summed E-state index contributed by atoms with van der Waals surface area (Å²) in [6, 6.07) is 14.6. The van der Waals surface area contributed by atoms with Crippen LogP contribution in [-0.2, 0) is 6.18 Å². The Kier molecular flexibility index (Phi) is 4.99. The molecule has 0 unspecified atom stereocenters. The summed E-state index contributed by atoms with van der Waals surface area (Å²) in [6.45, 7) is 1.64. The predicted molar refractivity (Wildman–Crippen MR) is 101 cm³/mol. The highest BCUT2D eigenvalue weighted by atomic mass is 19.4. The SMILES string of the molecule is Cc1cc(-c2cccc(Oc3nc(-c4ccco4)cc(C(F)(F)F)n3)c2)ccc1F. The zero-order chi connectivity index (χ0) is 21.3. The van der Waals surface area contributed by atoms with Crippen molar-refractivity contribution in [1.29, 1.82) is 0 Å². The number of benzene rings is 2. The van der Waals surface area contributed by atoms with E-state index in [0.29, 0.717) is 11.1 Å². The number of hydrogen-bond donors (Lipinski definition) is 0. The van der Waals surface area contributed by atoms with Gasteiger partial charge in [0.25, 0.3) is 0 Å². The second kappa shape index (κ2) is 7.62. The molecule has 2 heterocycles. The zero-order valence-corrected chi connectivity index (χ0v) is 15.6. The van der Waals surface area contributed by atoms with Crippen molar-refractivity contribution in [2.45, 2.75) is 13.1 Å². The summed E-state index contributed by atoms with van der Waals surface area (Å²) in [4.78, 5) is 7.52. The topological polar surface area (TPSA) is 48.2 Å². The van der Waals surface area contributed by atoms with E-state index in [9.17, 15) is 17.6 Å². The third kappa shape index (κ3) is 4.17. The second-order valence-corrected chi connectivity index (χ2v) is 6.49. The Bertz CT molecular complexity index is 1190. The van der Waals surface area contributed by atoms with Crippen LogP contribution < -0.4 is 4.74 Å². The van der Waals surface area contributed by atoms with E-state index >= 15 is 0 Å². The minimum atomic E-state index is -4.68. The fourth-order valence-corrected chi connectivity index (χ4v) is 2.84. The number of furan rings is 1. The Balaban J connectivity index is 1.70. The summed E-state index contributed by atoms with van der Waals surface area (Å²) in [7, 11) is 0. The van der Waals surface area contributed by atoms with Gasteiger partial charge < -0.3 is 9.15 Å². The summed E-state index contributed by atoms with van der Waals surface area (Å²) in [6.07, 6.45) is -3.35. The monoisotopic (exact) mass is 414 g/mol. The van der Waals surface area contributed by atoms with E-state index < -0.39 is 17.9 Å². The van der Waals surface area contributed by atoms with Gasteiger partial charge in [0.2, 0.25) is 0 Å². The van der Waals surface area contributed by atoms with E-state index in [0.717, 1.165) is 11.6 Å². The fourth-order valence-electron chi connectivity index (χ4n) is 2.84. The van der Waals surface area contributed by atoms with Crippen molar-refractivity contribution in [3.05, 3.63) is 84.0 Å². The van der Waals surface area contributed by atoms with E-state index in [1.165, 1.54) is 18.4 Å². The molecule has 4 rings (SSSR count).